The van der Waals surface area contributed by atoms with Crippen molar-refractivity contribution in [3.8, 4) is 23.2 Å². The van der Waals surface area contributed by atoms with Crippen LogP contribution in [0.4, 0.5) is 24.5 Å². The van der Waals surface area contributed by atoms with Gasteiger partial charge in [0, 0.05) is 25.2 Å². The number of ether oxygens (including phenoxy) is 1. The molecule has 48 heavy (non-hydrogen) atoms. The molecule has 2 aliphatic rings. The van der Waals surface area contributed by atoms with E-state index in [1.807, 2.05) is 32.0 Å². The fraction of sp³-hybridized carbons (Fsp3) is 0.394. The molecule has 0 unspecified atom stereocenters. The van der Waals surface area contributed by atoms with Crippen molar-refractivity contribution in [2.24, 2.45) is 0 Å². The molecule has 2 aromatic carbocycles. The minimum absolute atomic E-state index is 0.0483. The van der Waals surface area contributed by atoms with Crippen LogP contribution >= 0.6 is 12.2 Å². The molecule has 6 rings (SSSR count). The van der Waals surface area contributed by atoms with Crippen molar-refractivity contribution in [2.75, 3.05) is 29.5 Å². The second kappa shape index (κ2) is 11.9. The van der Waals surface area contributed by atoms with E-state index in [0.717, 1.165) is 29.1 Å². The van der Waals surface area contributed by atoms with Gasteiger partial charge in [0.05, 0.1) is 46.8 Å². The number of nitrogens with one attached hydrogen (secondary N) is 1. The van der Waals surface area contributed by atoms with Gasteiger partial charge in [-0.05, 0) is 82.7 Å². The molecule has 1 amide bonds. The van der Waals surface area contributed by atoms with Gasteiger partial charge in [-0.2, -0.15) is 18.4 Å². The Kier molecular flexibility index (Phi) is 8.19. The molecule has 4 aromatic rings. The van der Waals surface area contributed by atoms with Crippen molar-refractivity contribution in [1.82, 2.24) is 24.5 Å². The summed E-state index contributed by atoms with van der Waals surface area (Å²) in [6.07, 6.45) is -3.29. The van der Waals surface area contributed by atoms with Crippen LogP contribution in [0.1, 0.15) is 56.8 Å². The average Bonchev–Trinajstić information content (AvgIpc) is 3.41. The van der Waals surface area contributed by atoms with Gasteiger partial charge in [0.15, 0.2) is 16.5 Å². The number of H-pyrrole nitrogens is 1. The van der Waals surface area contributed by atoms with Gasteiger partial charge >= 0.3 is 6.18 Å². The van der Waals surface area contributed by atoms with Gasteiger partial charge in [0.25, 0.3) is 11.5 Å². The molecule has 0 aliphatic carbocycles. The summed E-state index contributed by atoms with van der Waals surface area (Å²) < 4.78 is 48.7. The number of alkyl halides is 3. The van der Waals surface area contributed by atoms with Crippen LogP contribution in [0.25, 0.3) is 16.9 Å². The number of hydrogen-bond acceptors (Lipinski definition) is 8. The first-order valence-electron chi connectivity index (χ1n) is 15.5. The molecule has 0 atom stereocenters. The van der Waals surface area contributed by atoms with Gasteiger partial charge in [-0.15, -0.1) is 5.10 Å². The zero-order valence-corrected chi connectivity index (χ0v) is 27.8. The molecule has 250 valence electrons. The Morgan fingerprint density at radius 2 is 1.83 bits per heavy atom. The predicted octanol–water partition coefficient (Wildman–Crippen LogP) is 5.24. The number of imidazole rings is 1. The fourth-order valence-corrected chi connectivity index (χ4v) is 6.97. The molecule has 0 saturated carbocycles. The normalized spacial score (nSPS) is 16.5. The van der Waals surface area contributed by atoms with E-state index < -0.39 is 28.7 Å². The van der Waals surface area contributed by atoms with Crippen LogP contribution in [-0.2, 0) is 17.4 Å². The average molecular weight is 679 g/mol. The monoisotopic (exact) mass is 678 g/mol. The van der Waals surface area contributed by atoms with Crippen molar-refractivity contribution >= 4 is 40.1 Å². The molecule has 11 nitrogen and oxygen atoms in total. The smallest absolute Gasteiger partial charge is 0.417 e. The molecule has 0 radical (unpaired) electrons. The highest BCUT2D eigenvalue weighted by Gasteiger charge is 2.54. The summed E-state index contributed by atoms with van der Waals surface area (Å²) >= 11 is 5.71. The van der Waals surface area contributed by atoms with E-state index in [4.69, 9.17) is 22.1 Å². The fourth-order valence-electron chi connectivity index (χ4n) is 6.41. The number of carbonyl (C=O) groups excluding carboxylic acids is 1. The van der Waals surface area contributed by atoms with Crippen molar-refractivity contribution in [3.05, 3.63) is 69.4 Å². The number of hydrogen-bond donors (Lipinski definition) is 1. The number of carbonyl (C=O) groups is 1. The first-order chi connectivity index (χ1) is 22.7. The van der Waals surface area contributed by atoms with Crippen LogP contribution in [0.2, 0.25) is 0 Å². The van der Waals surface area contributed by atoms with E-state index in [0.29, 0.717) is 60.3 Å². The number of aromatic nitrogens is 4. The van der Waals surface area contributed by atoms with Crippen LogP contribution in [0.3, 0.4) is 0 Å². The van der Waals surface area contributed by atoms with Gasteiger partial charge in [0.1, 0.15) is 17.1 Å². The van der Waals surface area contributed by atoms with Gasteiger partial charge in [-0.1, -0.05) is 6.92 Å². The van der Waals surface area contributed by atoms with Gasteiger partial charge in [-0.25, -0.2) is 9.50 Å². The summed E-state index contributed by atoms with van der Waals surface area (Å²) in [5.74, 6) is 1.10. The number of thiocarbonyl (C=S) groups is 1. The maximum Gasteiger partial charge on any atom is 0.417 e. The molecule has 2 aliphatic heterocycles. The Labute approximate surface area is 279 Å². The van der Waals surface area contributed by atoms with Crippen LogP contribution in [0.5, 0.6) is 5.75 Å². The minimum Gasteiger partial charge on any atom is -0.493 e. The topological polar surface area (TPSA) is 123 Å². The minimum atomic E-state index is -4.78. The van der Waals surface area contributed by atoms with E-state index in [1.165, 1.54) is 6.07 Å². The number of amides is 1. The molecule has 2 aromatic heterocycles. The SMILES string of the molecule is CCCc1nc(C)c2c(=O)[nH]c(-c3cc(N4CC(N5C(=S)N(c6ccc(C#N)c(C(F)(F)F)c6)C(=O)C5(C)C)C4)ccc3OCC)nn12. The third-order valence-corrected chi connectivity index (χ3v) is 9.12. The summed E-state index contributed by atoms with van der Waals surface area (Å²) in [4.78, 5) is 39.2. The van der Waals surface area contributed by atoms with Crippen molar-refractivity contribution in [1.29, 1.82) is 5.26 Å². The molecular weight excluding hydrogens is 645 g/mol. The van der Waals surface area contributed by atoms with Crippen molar-refractivity contribution in [3.63, 3.8) is 0 Å². The number of aromatic amines is 1. The van der Waals surface area contributed by atoms with Crippen molar-refractivity contribution in [2.45, 2.75) is 65.2 Å². The predicted molar refractivity (Wildman–Crippen MR) is 177 cm³/mol. The zero-order valence-electron chi connectivity index (χ0n) is 27.0. The van der Waals surface area contributed by atoms with Gasteiger partial charge in [0.2, 0.25) is 0 Å². The molecule has 0 bridgehead atoms. The van der Waals surface area contributed by atoms with Gasteiger partial charge < -0.3 is 19.5 Å². The molecule has 0 spiro atoms. The summed E-state index contributed by atoms with van der Waals surface area (Å²) in [5, 5.41) is 14.1. The molecule has 4 heterocycles. The number of fused-ring (bicyclic) bond motifs is 1. The number of halogens is 3. The number of nitrogens with zero attached hydrogens (tertiary/aromatic N) is 7. The molecule has 15 heteroatoms. The summed E-state index contributed by atoms with van der Waals surface area (Å²) in [7, 11) is 0. The Balaban J connectivity index is 1.29. The van der Waals surface area contributed by atoms with Crippen LogP contribution < -0.4 is 20.1 Å². The van der Waals surface area contributed by atoms with E-state index in [2.05, 4.69) is 14.9 Å². The number of nitriles is 1. The van der Waals surface area contributed by atoms with Crippen LogP contribution in [-0.4, -0.2) is 66.8 Å². The molecular formula is C33H33F3N8O3S. The van der Waals surface area contributed by atoms with E-state index >= 15 is 0 Å². The second-order valence-corrected chi connectivity index (χ2v) is 12.7. The summed E-state index contributed by atoms with van der Waals surface area (Å²) in [6, 6.07) is 10.1. The molecule has 2 saturated heterocycles. The largest absolute Gasteiger partial charge is 0.493 e. The van der Waals surface area contributed by atoms with Gasteiger partial charge in [-0.3, -0.25) is 14.5 Å². The summed E-state index contributed by atoms with van der Waals surface area (Å²) in [5.41, 5.74) is -0.765. The van der Waals surface area contributed by atoms with E-state index in [-0.39, 0.29) is 22.4 Å². The third kappa shape index (κ3) is 5.33. The lowest BCUT2D eigenvalue weighted by Gasteiger charge is -2.49. The quantitative estimate of drug-likeness (QED) is 0.250. The van der Waals surface area contributed by atoms with Crippen LogP contribution in [0.15, 0.2) is 41.2 Å². The molecule has 1 N–H and O–H groups in total. The van der Waals surface area contributed by atoms with Crippen molar-refractivity contribution < 1.29 is 22.7 Å². The standard InChI is InChI=1S/C33H33F3N8O3S/c1-6-8-26-38-18(3)27-29(45)39-28(40-44(26)27)23-13-20(11-12-25(23)47-7-2)41-16-22(17-41)43-31(48)42(30(46)32(43,4)5)21-10-9-19(15-37)24(14-21)33(34,35)36/h9-14,22H,6-8,16-17H2,1-5H3,(H,39,40,45). The first-order valence-corrected chi connectivity index (χ1v) is 15.9. The highest BCUT2D eigenvalue weighted by molar-refractivity contribution is 7.80. The lowest BCUT2D eigenvalue weighted by atomic mass is 9.97. The number of anilines is 2. The maximum atomic E-state index is 13.7. The number of benzene rings is 2. The number of aryl methyl sites for hydroxylation is 2. The second-order valence-electron chi connectivity index (χ2n) is 12.3. The lowest BCUT2D eigenvalue weighted by Crippen LogP contribution is -2.64. The third-order valence-electron chi connectivity index (χ3n) is 8.74. The van der Waals surface area contributed by atoms with E-state index in [1.54, 1.807) is 36.3 Å². The van der Waals surface area contributed by atoms with Crippen LogP contribution in [0, 0.1) is 18.3 Å². The number of rotatable bonds is 8. The Bertz CT molecular complexity index is 2060. The maximum absolute atomic E-state index is 13.7. The Hall–Kier alpha value is -4.97. The highest BCUT2D eigenvalue weighted by Crippen LogP contribution is 2.41. The van der Waals surface area contributed by atoms with E-state index in [9.17, 15) is 28.0 Å². The zero-order chi connectivity index (χ0) is 34.7. The lowest BCUT2D eigenvalue weighted by molar-refractivity contribution is -0.137. The highest BCUT2D eigenvalue weighted by atomic mass is 32.1. The Morgan fingerprint density at radius 1 is 1.12 bits per heavy atom. The summed E-state index contributed by atoms with van der Waals surface area (Å²) in [6.45, 7) is 10.4. The first kappa shape index (κ1) is 33.0. The molecule has 2 fully saturated rings. The Morgan fingerprint density at radius 3 is 2.48 bits per heavy atom.